The average Bonchev–Trinajstić information content (AvgIpc) is 2.62. The van der Waals surface area contributed by atoms with Crippen LogP contribution in [-0.2, 0) is 11.2 Å². The van der Waals surface area contributed by atoms with Gasteiger partial charge in [-0.05, 0) is 29.8 Å². The maximum absolute atomic E-state index is 12.2. The molecule has 0 aliphatic heterocycles. The number of ether oxygens (including phenoxy) is 2. The van der Waals surface area contributed by atoms with Gasteiger partial charge in [-0.2, -0.15) is 0 Å². The topological polar surface area (TPSA) is 79.9 Å². The second kappa shape index (κ2) is 8.75. The van der Waals surface area contributed by atoms with Gasteiger partial charge in [0.25, 0.3) is 0 Å². The summed E-state index contributed by atoms with van der Waals surface area (Å²) in [6.45, 7) is 0. The smallest absolute Gasteiger partial charge is 0.323 e. The maximum Gasteiger partial charge on any atom is 0.323 e. The second-order valence-corrected chi connectivity index (χ2v) is 5.78. The molecule has 2 aromatic carbocycles. The highest BCUT2D eigenvalue weighted by Crippen LogP contribution is 2.34. The van der Waals surface area contributed by atoms with Gasteiger partial charge in [-0.25, -0.2) is 4.79 Å². The monoisotopic (exact) mass is 357 g/mol. The predicted octanol–water partition coefficient (Wildman–Crippen LogP) is 2.98. The molecule has 0 fully saturated rings. The Morgan fingerprint density at radius 3 is 2.23 bits per heavy atom. The van der Waals surface area contributed by atoms with Crippen molar-refractivity contribution in [2.24, 2.45) is 0 Å². The van der Waals surface area contributed by atoms with Crippen LogP contribution in [0.4, 0.5) is 16.2 Å². The molecule has 2 rings (SSSR count). The summed E-state index contributed by atoms with van der Waals surface area (Å²) in [7, 11) is 6.48. The number of methoxy groups -OCH3 is 2. The van der Waals surface area contributed by atoms with Crippen LogP contribution >= 0.6 is 0 Å². The highest BCUT2D eigenvalue weighted by atomic mass is 16.5. The predicted molar refractivity (Wildman–Crippen MR) is 101 cm³/mol. The zero-order chi connectivity index (χ0) is 19.1. The molecule has 0 heterocycles. The largest absolute Gasteiger partial charge is 0.493 e. The van der Waals surface area contributed by atoms with Crippen molar-refractivity contribution < 1.29 is 19.1 Å². The fourth-order valence-electron chi connectivity index (χ4n) is 2.31. The first-order valence-corrected chi connectivity index (χ1v) is 8.02. The van der Waals surface area contributed by atoms with Crippen molar-refractivity contribution in [2.45, 2.75) is 6.42 Å². The maximum atomic E-state index is 12.2. The Balaban J connectivity index is 2.01. The molecule has 0 bridgehead atoms. The van der Waals surface area contributed by atoms with E-state index in [2.05, 4.69) is 10.6 Å². The summed E-state index contributed by atoms with van der Waals surface area (Å²) in [6, 6.07) is 11.9. The summed E-state index contributed by atoms with van der Waals surface area (Å²) in [6.07, 6.45) is 0.320. The Labute approximate surface area is 152 Å². The number of urea groups is 1. The van der Waals surface area contributed by atoms with Gasteiger partial charge >= 0.3 is 6.03 Å². The van der Waals surface area contributed by atoms with Gasteiger partial charge in [-0.15, -0.1) is 0 Å². The van der Waals surface area contributed by atoms with Crippen molar-refractivity contribution in [1.29, 1.82) is 0 Å². The minimum Gasteiger partial charge on any atom is -0.493 e. The molecule has 2 N–H and O–H groups in total. The van der Waals surface area contributed by atoms with Gasteiger partial charge in [0.15, 0.2) is 11.5 Å². The van der Waals surface area contributed by atoms with E-state index >= 15 is 0 Å². The van der Waals surface area contributed by atoms with E-state index in [-0.39, 0.29) is 5.91 Å². The van der Waals surface area contributed by atoms with Crippen LogP contribution in [-0.4, -0.2) is 45.2 Å². The molecule has 0 aliphatic carbocycles. The Morgan fingerprint density at radius 2 is 1.65 bits per heavy atom. The molecule has 7 heteroatoms. The van der Waals surface area contributed by atoms with E-state index in [0.29, 0.717) is 29.3 Å². The highest BCUT2D eigenvalue weighted by molar-refractivity contribution is 6.01. The molecular weight excluding hydrogens is 334 g/mol. The highest BCUT2D eigenvalue weighted by Gasteiger charge is 2.12. The van der Waals surface area contributed by atoms with Crippen LogP contribution in [0.1, 0.15) is 5.56 Å². The third kappa shape index (κ3) is 4.89. The number of likely N-dealkylation sites (N-methyl/N-ethyl adjacent to an activating group) is 1. The number of amides is 3. The number of carbonyl (C=O) groups excluding carboxylic acids is 2. The van der Waals surface area contributed by atoms with E-state index in [0.717, 1.165) is 5.56 Å². The van der Waals surface area contributed by atoms with E-state index in [9.17, 15) is 9.59 Å². The van der Waals surface area contributed by atoms with Crippen molar-refractivity contribution in [2.75, 3.05) is 38.9 Å². The van der Waals surface area contributed by atoms with Gasteiger partial charge in [0.1, 0.15) is 0 Å². The number of nitrogens with zero attached hydrogens (tertiary/aromatic N) is 1. The molecule has 0 radical (unpaired) electrons. The molecule has 26 heavy (non-hydrogen) atoms. The summed E-state index contributed by atoms with van der Waals surface area (Å²) in [5.74, 6) is 0.997. The number of nitrogens with one attached hydrogen (secondary N) is 2. The number of anilines is 2. The van der Waals surface area contributed by atoms with Crippen LogP contribution in [0.3, 0.4) is 0 Å². The van der Waals surface area contributed by atoms with E-state index in [4.69, 9.17) is 9.47 Å². The van der Waals surface area contributed by atoms with Crippen LogP contribution in [0.2, 0.25) is 0 Å². The van der Waals surface area contributed by atoms with Crippen LogP contribution in [0.15, 0.2) is 42.5 Å². The summed E-state index contributed by atoms with van der Waals surface area (Å²) >= 11 is 0. The first-order chi connectivity index (χ1) is 12.4. The summed E-state index contributed by atoms with van der Waals surface area (Å²) in [5.41, 5.74) is 1.99. The summed E-state index contributed by atoms with van der Waals surface area (Å²) in [4.78, 5) is 25.5. The Hall–Kier alpha value is -3.22. The van der Waals surface area contributed by atoms with Gasteiger partial charge in [0.05, 0.1) is 26.3 Å². The number of benzene rings is 2. The lowest BCUT2D eigenvalue weighted by Gasteiger charge is -2.14. The third-order valence-corrected chi connectivity index (χ3v) is 3.72. The average molecular weight is 357 g/mol. The molecule has 3 amide bonds. The lowest BCUT2D eigenvalue weighted by molar-refractivity contribution is -0.127. The third-order valence-electron chi connectivity index (χ3n) is 3.72. The van der Waals surface area contributed by atoms with Crippen LogP contribution < -0.4 is 20.1 Å². The quantitative estimate of drug-likeness (QED) is 0.833. The fourth-order valence-corrected chi connectivity index (χ4v) is 2.31. The zero-order valence-corrected chi connectivity index (χ0v) is 15.3. The lowest BCUT2D eigenvalue weighted by atomic mass is 10.1. The zero-order valence-electron chi connectivity index (χ0n) is 15.3. The van der Waals surface area contributed by atoms with E-state index in [1.165, 1.54) is 14.2 Å². The van der Waals surface area contributed by atoms with Crippen LogP contribution in [0.25, 0.3) is 0 Å². The Bertz CT molecular complexity index is 773. The Morgan fingerprint density at radius 1 is 0.962 bits per heavy atom. The molecule has 2 aromatic rings. The SMILES string of the molecule is COc1cccc(NC(=O)Nc2ccc(CC(=O)N(C)C)cc2)c1OC. The van der Waals surface area contributed by atoms with Crippen molar-refractivity contribution in [1.82, 2.24) is 4.90 Å². The minimum absolute atomic E-state index is 0.0218. The van der Waals surface area contributed by atoms with Gasteiger partial charge < -0.3 is 25.0 Å². The number of para-hydroxylation sites is 1. The first-order valence-electron chi connectivity index (χ1n) is 8.02. The molecular formula is C19H23N3O4. The number of hydrogen-bond donors (Lipinski definition) is 2. The fraction of sp³-hybridized carbons (Fsp3) is 0.263. The van der Waals surface area contributed by atoms with E-state index < -0.39 is 6.03 Å². The molecule has 0 atom stereocenters. The van der Waals surface area contributed by atoms with Crippen molar-refractivity contribution in [3.05, 3.63) is 48.0 Å². The number of rotatable bonds is 6. The van der Waals surface area contributed by atoms with E-state index in [1.807, 2.05) is 12.1 Å². The van der Waals surface area contributed by atoms with Gasteiger partial charge in [-0.3, -0.25) is 4.79 Å². The first kappa shape index (κ1) is 19.1. The molecule has 0 spiro atoms. The summed E-state index contributed by atoms with van der Waals surface area (Å²) < 4.78 is 10.5. The van der Waals surface area contributed by atoms with Crippen molar-refractivity contribution in [3.8, 4) is 11.5 Å². The molecule has 138 valence electrons. The normalized spacial score (nSPS) is 10.0. The Kier molecular flexibility index (Phi) is 6.43. The van der Waals surface area contributed by atoms with Crippen molar-refractivity contribution >= 4 is 23.3 Å². The number of carbonyl (C=O) groups is 2. The lowest BCUT2D eigenvalue weighted by Crippen LogP contribution is -2.23. The van der Waals surface area contributed by atoms with Gasteiger partial charge in [0.2, 0.25) is 5.91 Å². The molecule has 0 saturated carbocycles. The number of hydrogen-bond acceptors (Lipinski definition) is 4. The van der Waals surface area contributed by atoms with Crippen LogP contribution in [0, 0.1) is 0 Å². The summed E-state index contributed by atoms with van der Waals surface area (Å²) in [5, 5.41) is 5.47. The molecule has 7 nitrogen and oxygen atoms in total. The van der Waals surface area contributed by atoms with Crippen molar-refractivity contribution in [3.63, 3.8) is 0 Å². The second-order valence-electron chi connectivity index (χ2n) is 5.78. The molecule has 0 saturated heterocycles. The van der Waals surface area contributed by atoms with Gasteiger partial charge in [0, 0.05) is 19.8 Å². The molecule has 0 unspecified atom stereocenters. The van der Waals surface area contributed by atoms with Gasteiger partial charge in [-0.1, -0.05) is 18.2 Å². The molecule has 0 aliphatic rings. The molecule has 0 aromatic heterocycles. The van der Waals surface area contributed by atoms with E-state index in [1.54, 1.807) is 49.3 Å². The van der Waals surface area contributed by atoms with Crippen LogP contribution in [0.5, 0.6) is 11.5 Å². The minimum atomic E-state index is -0.409. The standard InChI is InChI=1S/C19H23N3O4/c1-22(2)17(23)12-13-8-10-14(11-9-13)20-19(24)21-15-6-5-7-16(25-3)18(15)26-4/h5-11H,12H2,1-4H3,(H2,20,21,24).